The van der Waals surface area contributed by atoms with E-state index < -0.39 is 0 Å². The Morgan fingerprint density at radius 3 is 2.95 bits per heavy atom. The number of hydrogen-bond acceptors (Lipinski definition) is 2. The number of rotatable bonds is 2. The molecule has 2 N–H and O–H groups in total. The van der Waals surface area contributed by atoms with Gasteiger partial charge in [0.05, 0.1) is 5.41 Å². The smallest absolute Gasteiger partial charge is 0.228 e. The summed E-state index contributed by atoms with van der Waals surface area (Å²) in [6.45, 7) is 4.28. The second kappa shape index (κ2) is 5.43. The lowest BCUT2D eigenvalue weighted by molar-refractivity contribution is -0.135. The van der Waals surface area contributed by atoms with E-state index in [2.05, 4.69) is 17.6 Å². The minimum Gasteiger partial charge on any atom is -0.353 e. The zero-order valence-electron chi connectivity index (χ0n) is 12.2. The van der Waals surface area contributed by atoms with E-state index in [1.165, 1.54) is 44.9 Å². The molecule has 2 aliphatic carbocycles. The molecule has 2 unspecified atom stereocenters. The van der Waals surface area contributed by atoms with Crippen LogP contribution in [0.5, 0.6) is 0 Å². The third-order valence-electron chi connectivity index (χ3n) is 5.76. The molecule has 3 nitrogen and oxygen atoms in total. The third-order valence-corrected chi connectivity index (χ3v) is 5.76. The molecular formula is C16H28N2O. The number of carbonyl (C=O) groups is 1. The molecule has 108 valence electrons. The Labute approximate surface area is 116 Å². The molecule has 1 aliphatic heterocycles. The van der Waals surface area contributed by atoms with Crippen LogP contribution in [0.3, 0.4) is 0 Å². The van der Waals surface area contributed by atoms with Crippen molar-refractivity contribution in [3.8, 4) is 0 Å². The summed E-state index contributed by atoms with van der Waals surface area (Å²) < 4.78 is 0. The van der Waals surface area contributed by atoms with Gasteiger partial charge >= 0.3 is 0 Å². The van der Waals surface area contributed by atoms with Crippen LogP contribution in [0.2, 0.25) is 0 Å². The first kappa shape index (κ1) is 13.4. The number of hydrogen-bond donors (Lipinski definition) is 2. The average Bonchev–Trinajstić information content (AvgIpc) is 2.83. The lowest BCUT2D eigenvalue weighted by Crippen LogP contribution is -2.51. The van der Waals surface area contributed by atoms with Crippen LogP contribution in [0.1, 0.15) is 58.3 Å². The molecule has 3 aliphatic rings. The predicted molar refractivity (Wildman–Crippen MR) is 76.8 cm³/mol. The summed E-state index contributed by atoms with van der Waals surface area (Å²) in [5.41, 5.74) is -0.0705. The SMILES string of the molecule is CC1CCCC(NC(=O)[C@@]23CCCC[C@H]2CNC3)C1. The maximum Gasteiger partial charge on any atom is 0.228 e. The Bertz CT molecular complexity index is 344. The number of nitrogens with one attached hydrogen (secondary N) is 2. The van der Waals surface area contributed by atoms with E-state index in [0.717, 1.165) is 25.4 Å². The van der Waals surface area contributed by atoms with Gasteiger partial charge in [-0.3, -0.25) is 4.79 Å². The lowest BCUT2D eigenvalue weighted by atomic mass is 9.67. The molecule has 3 heteroatoms. The summed E-state index contributed by atoms with van der Waals surface area (Å²) in [6.07, 6.45) is 9.85. The Balaban J connectivity index is 1.65. The highest BCUT2D eigenvalue weighted by Crippen LogP contribution is 2.44. The molecular weight excluding hydrogens is 236 g/mol. The summed E-state index contributed by atoms with van der Waals surface area (Å²) in [5.74, 6) is 1.73. The predicted octanol–water partition coefficient (Wildman–Crippen LogP) is 2.46. The Kier molecular flexibility index (Phi) is 3.84. The molecule has 0 bridgehead atoms. The zero-order chi connectivity index (χ0) is 13.3. The Morgan fingerprint density at radius 2 is 2.11 bits per heavy atom. The molecule has 1 amide bonds. The average molecular weight is 264 g/mol. The van der Waals surface area contributed by atoms with Crippen LogP contribution in [0, 0.1) is 17.3 Å². The molecule has 0 aromatic rings. The van der Waals surface area contributed by atoms with E-state index in [0.29, 0.717) is 17.9 Å². The van der Waals surface area contributed by atoms with Gasteiger partial charge in [0.15, 0.2) is 0 Å². The highest BCUT2D eigenvalue weighted by molar-refractivity contribution is 5.84. The second-order valence-electron chi connectivity index (χ2n) is 7.17. The number of amides is 1. The van der Waals surface area contributed by atoms with Gasteiger partial charge in [-0.05, 0) is 44.1 Å². The molecule has 0 spiro atoms. The van der Waals surface area contributed by atoms with Crippen LogP contribution in [-0.2, 0) is 4.79 Å². The van der Waals surface area contributed by atoms with Gasteiger partial charge in [-0.25, -0.2) is 0 Å². The van der Waals surface area contributed by atoms with Crippen LogP contribution < -0.4 is 10.6 Å². The third kappa shape index (κ3) is 2.54. The molecule has 4 atom stereocenters. The quantitative estimate of drug-likeness (QED) is 0.804. The van der Waals surface area contributed by atoms with Crippen LogP contribution in [0.25, 0.3) is 0 Å². The minimum atomic E-state index is -0.0705. The molecule has 0 aromatic carbocycles. The zero-order valence-corrected chi connectivity index (χ0v) is 12.2. The maximum absolute atomic E-state index is 12.8. The van der Waals surface area contributed by atoms with Crippen molar-refractivity contribution in [2.45, 2.75) is 64.3 Å². The summed E-state index contributed by atoms with van der Waals surface area (Å²) >= 11 is 0. The van der Waals surface area contributed by atoms with Gasteiger partial charge in [0.2, 0.25) is 5.91 Å². The van der Waals surface area contributed by atoms with Crippen molar-refractivity contribution in [1.29, 1.82) is 0 Å². The molecule has 3 fully saturated rings. The first-order valence-electron chi connectivity index (χ1n) is 8.22. The van der Waals surface area contributed by atoms with Crippen molar-refractivity contribution in [2.24, 2.45) is 17.3 Å². The van der Waals surface area contributed by atoms with Crippen molar-refractivity contribution >= 4 is 5.91 Å². The fraction of sp³-hybridized carbons (Fsp3) is 0.938. The monoisotopic (exact) mass is 264 g/mol. The maximum atomic E-state index is 12.8. The Morgan fingerprint density at radius 1 is 1.21 bits per heavy atom. The van der Waals surface area contributed by atoms with Crippen molar-refractivity contribution in [2.75, 3.05) is 13.1 Å². The highest BCUT2D eigenvalue weighted by Gasteiger charge is 2.50. The molecule has 2 saturated carbocycles. The fourth-order valence-electron chi connectivity index (χ4n) is 4.58. The van der Waals surface area contributed by atoms with E-state index >= 15 is 0 Å². The first-order valence-corrected chi connectivity index (χ1v) is 8.22. The topological polar surface area (TPSA) is 41.1 Å². The van der Waals surface area contributed by atoms with E-state index in [4.69, 9.17) is 0 Å². The highest BCUT2D eigenvalue weighted by atomic mass is 16.2. The normalized spacial score (nSPS) is 42.7. The van der Waals surface area contributed by atoms with Crippen molar-refractivity contribution in [3.05, 3.63) is 0 Å². The van der Waals surface area contributed by atoms with Gasteiger partial charge in [-0.2, -0.15) is 0 Å². The van der Waals surface area contributed by atoms with Crippen molar-refractivity contribution in [3.63, 3.8) is 0 Å². The largest absolute Gasteiger partial charge is 0.353 e. The molecule has 0 radical (unpaired) electrons. The fourth-order valence-corrected chi connectivity index (χ4v) is 4.58. The standard InChI is InChI=1S/C16H28N2O/c1-12-5-4-7-14(9-12)18-15(19)16-8-3-2-6-13(16)10-17-11-16/h12-14,17H,2-11H2,1H3,(H,18,19)/t12?,13-,14?,16+/m0/s1. The van der Waals surface area contributed by atoms with Crippen LogP contribution in [0.15, 0.2) is 0 Å². The van der Waals surface area contributed by atoms with Gasteiger partial charge in [0.25, 0.3) is 0 Å². The van der Waals surface area contributed by atoms with Gasteiger partial charge in [-0.1, -0.05) is 32.6 Å². The second-order valence-corrected chi connectivity index (χ2v) is 7.17. The molecule has 1 heterocycles. The number of fused-ring (bicyclic) bond motifs is 1. The van der Waals surface area contributed by atoms with Gasteiger partial charge in [0.1, 0.15) is 0 Å². The molecule has 1 saturated heterocycles. The molecule has 3 rings (SSSR count). The van der Waals surface area contributed by atoms with E-state index in [1.54, 1.807) is 0 Å². The van der Waals surface area contributed by atoms with Crippen molar-refractivity contribution in [1.82, 2.24) is 10.6 Å². The summed E-state index contributed by atoms with van der Waals surface area (Å²) in [6, 6.07) is 0.439. The lowest BCUT2D eigenvalue weighted by Gasteiger charge is -2.39. The van der Waals surface area contributed by atoms with E-state index in [1.807, 2.05) is 0 Å². The van der Waals surface area contributed by atoms with Gasteiger partial charge in [-0.15, -0.1) is 0 Å². The molecule has 0 aromatic heterocycles. The number of carbonyl (C=O) groups excluding carboxylic acids is 1. The summed E-state index contributed by atoms with van der Waals surface area (Å²) in [5, 5.41) is 6.87. The van der Waals surface area contributed by atoms with E-state index in [-0.39, 0.29) is 5.41 Å². The Hall–Kier alpha value is -0.570. The summed E-state index contributed by atoms with van der Waals surface area (Å²) in [4.78, 5) is 12.8. The van der Waals surface area contributed by atoms with Crippen molar-refractivity contribution < 1.29 is 4.79 Å². The van der Waals surface area contributed by atoms with Gasteiger partial charge in [0, 0.05) is 12.6 Å². The molecule has 19 heavy (non-hydrogen) atoms. The van der Waals surface area contributed by atoms with Crippen LogP contribution in [-0.4, -0.2) is 25.0 Å². The van der Waals surface area contributed by atoms with Crippen LogP contribution in [0.4, 0.5) is 0 Å². The van der Waals surface area contributed by atoms with Crippen LogP contribution >= 0.6 is 0 Å². The minimum absolute atomic E-state index is 0.0705. The van der Waals surface area contributed by atoms with E-state index in [9.17, 15) is 4.79 Å². The summed E-state index contributed by atoms with van der Waals surface area (Å²) in [7, 11) is 0. The first-order chi connectivity index (χ1) is 9.21. The van der Waals surface area contributed by atoms with Gasteiger partial charge < -0.3 is 10.6 Å².